The Morgan fingerprint density at radius 3 is 3.25 bits per heavy atom. The van der Waals surface area contributed by atoms with Gasteiger partial charge in [-0.15, -0.1) is 5.10 Å². The lowest BCUT2D eigenvalue weighted by Gasteiger charge is -1.75. The van der Waals surface area contributed by atoms with E-state index in [4.69, 9.17) is 0 Å². The second-order valence-electron chi connectivity index (χ2n) is 1.20. The summed E-state index contributed by atoms with van der Waals surface area (Å²) in [5.41, 5.74) is 0. The average Bonchev–Trinajstić information content (AvgIpc) is 2.19. The molecule has 1 aromatic rings. The van der Waals surface area contributed by atoms with Gasteiger partial charge in [-0.3, -0.25) is 0 Å². The van der Waals surface area contributed by atoms with Crippen LogP contribution in [0.2, 0.25) is 0 Å². The van der Waals surface area contributed by atoms with Crippen LogP contribution in [0.4, 0.5) is 0 Å². The SMILES string of the molecule is S=[C]Cc1cnns1. The summed E-state index contributed by atoms with van der Waals surface area (Å²) in [4.78, 5) is 1.07. The summed E-state index contributed by atoms with van der Waals surface area (Å²) in [6.45, 7) is 0. The highest BCUT2D eigenvalue weighted by atomic mass is 32.1. The summed E-state index contributed by atoms with van der Waals surface area (Å²) in [7, 11) is 0. The molecular weight excluding hydrogens is 140 g/mol. The Morgan fingerprint density at radius 2 is 2.75 bits per heavy atom. The number of hydrogen-bond acceptors (Lipinski definition) is 4. The Labute approximate surface area is 56.7 Å². The molecule has 0 N–H and O–H groups in total. The molecular formula is C4H3N2S2. The second kappa shape index (κ2) is 2.84. The second-order valence-corrected chi connectivity index (χ2v) is 2.36. The minimum absolute atomic E-state index is 0.688. The molecule has 1 aromatic heterocycles. The van der Waals surface area contributed by atoms with Gasteiger partial charge in [-0.05, 0) is 11.5 Å². The van der Waals surface area contributed by atoms with Gasteiger partial charge in [0.1, 0.15) is 0 Å². The van der Waals surface area contributed by atoms with E-state index in [0.29, 0.717) is 6.42 Å². The molecule has 0 fully saturated rings. The van der Waals surface area contributed by atoms with Crippen molar-refractivity contribution >= 4 is 29.1 Å². The van der Waals surface area contributed by atoms with Crippen LogP contribution in [-0.4, -0.2) is 15.0 Å². The van der Waals surface area contributed by atoms with Crippen LogP contribution >= 0.6 is 23.8 Å². The van der Waals surface area contributed by atoms with E-state index in [9.17, 15) is 0 Å². The van der Waals surface area contributed by atoms with Gasteiger partial charge in [-0.1, -0.05) is 16.7 Å². The van der Waals surface area contributed by atoms with E-state index < -0.39 is 0 Å². The third-order valence-corrected chi connectivity index (χ3v) is 1.46. The van der Waals surface area contributed by atoms with Gasteiger partial charge in [0, 0.05) is 11.8 Å². The van der Waals surface area contributed by atoms with Crippen molar-refractivity contribution in [3.8, 4) is 0 Å². The van der Waals surface area contributed by atoms with Crippen LogP contribution in [0.3, 0.4) is 0 Å². The lowest BCUT2D eigenvalue weighted by molar-refractivity contribution is 1.15. The summed E-state index contributed by atoms with van der Waals surface area (Å²) >= 11 is 5.86. The molecule has 0 atom stereocenters. The maximum absolute atomic E-state index is 4.50. The zero-order valence-electron chi connectivity index (χ0n) is 4.00. The first-order valence-electron chi connectivity index (χ1n) is 2.04. The predicted molar refractivity (Wildman–Crippen MR) is 36.2 cm³/mol. The first kappa shape index (κ1) is 5.78. The molecule has 0 amide bonds. The lowest BCUT2D eigenvalue weighted by atomic mass is 10.4. The summed E-state index contributed by atoms with van der Waals surface area (Å²) in [5.74, 6) is 0. The summed E-state index contributed by atoms with van der Waals surface area (Å²) in [5, 5.41) is 6.21. The number of rotatable bonds is 2. The molecule has 0 unspecified atom stereocenters. The molecule has 1 rings (SSSR count). The highest BCUT2D eigenvalue weighted by Gasteiger charge is 1.89. The Bertz CT molecular complexity index is 159. The van der Waals surface area contributed by atoms with Gasteiger partial charge in [-0.25, -0.2) is 0 Å². The van der Waals surface area contributed by atoms with Crippen molar-refractivity contribution in [1.82, 2.24) is 9.59 Å². The van der Waals surface area contributed by atoms with Crippen molar-refractivity contribution in [2.45, 2.75) is 6.42 Å². The van der Waals surface area contributed by atoms with Crippen LogP contribution in [-0.2, 0) is 6.42 Å². The lowest BCUT2D eigenvalue weighted by Crippen LogP contribution is -1.74. The number of nitrogens with zero attached hydrogens (tertiary/aromatic N) is 2. The molecule has 1 heterocycles. The number of aromatic nitrogens is 2. The molecule has 0 spiro atoms. The maximum atomic E-state index is 4.50. The van der Waals surface area contributed by atoms with Crippen molar-refractivity contribution < 1.29 is 0 Å². The summed E-state index contributed by atoms with van der Waals surface area (Å²) < 4.78 is 3.65. The molecule has 0 aliphatic heterocycles. The van der Waals surface area contributed by atoms with Crippen molar-refractivity contribution in [3.63, 3.8) is 0 Å². The zero-order valence-corrected chi connectivity index (χ0v) is 5.63. The minimum atomic E-state index is 0.688. The van der Waals surface area contributed by atoms with Gasteiger partial charge >= 0.3 is 0 Å². The third kappa shape index (κ3) is 1.31. The van der Waals surface area contributed by atoms with Gasteiger partial charge in [0.2, 0.25) is 0 Å². The Hall–Kier alpha value is -0.350. The van der Waals surface area contributed by atoms with Crippen LogP contribution in [0.25, 0.3) is 0 Å². The molecule has 0 bridgehead atoms. The van der Waals surface area contributed by atoms with Crippen LogP contribution in [0, 0.1) is 0 Å². The van der Waals surface area contributed by atoms with Gasteiger partial charge in [0.05, 0.1) is 11.1 Å². The number of thiocarbonyl (C=S) groups is 1. The molecule has 2 nitrogen and oxygen atoms in total. The third-order valence-electron chi connectivity index (χ3n) is 0.653. The fraction of sp³-hybridized carbons (Fsp3) is 0.250. The van der Waals surface area contributed by atoms with Crippen molar-refractivity contribution in [2.75, 3.05) is 0 Å². The van der Waals surface area contributed by atoms with E-state index in [-0.39, 0.29) is 0 Å². The Balaban J connectivity index is 2.62. The van der Waals surface area contributed by atoms with Crippen molar-refractivity contribution in [3.05, 3.63) is 11.1 Å². The molecule has 41 valence electrons. The Kier molecular flexibility index (Phi) is 2.05. The highest BCUT2D eigenvalue weighted by Crippen LogP contribution is 1.99. The fourth-order valence-electron chi connectivity index (χ4n) is 0.337. The van der Waals surface area contributed by atoms with Gasteiger partial charge in [0.15, 0.2) is 0 Å². The van der Waals surface area contributed by atoms with E-state index in [1.165, 1.54) is 11.5 Å². The van der Waals surface area contributed by atoms with Crippen LogP contribution in [0.15, 0.2) is 6.20 Å². The molecule has 0 saturated carbocycles. The van der Waals surface area contributed by atoms with E-state index in [2.05, 4.69) is 27.2 Å². The predicted octanol–water partition coefficient (Wildman–Crippen LogP) is 0.957. The van der Waals surface area contributed by atoms with Crippen molar-refractivity contribution in [1.29, 1.82) is 0 Å². The normalized spacial score (nSPS) is 9.00. The van der Waals surface area contributed by atoms with Gasteiger partial charge in [0.25, 0.3) is 0 Å². The molecule has 0 aromatic carbocycles. The first-order valence-corrected chi connectivity index (χ1v) is 3.23. The first-order chi connectivity index (χ1) is 3.93. The topological polar surface area (TPSA) is 25.8 Å². The van der Waals surface area contributed by atoms with Crippen LogP contribution in [0.5, 0.6) is 0 Å². The highest BCUT2D eigenvalue weighted by molar-refractivity contribution is 7.79. The molecule has 0 aliphatic carbocycles. The van der Waals surface area contributed by atoms with Crippen molar-refractivity contribution in [2.24, 2.45) is 0 Å². The Morgan fingerprint density at radius 1 is 1.88 bits per heavy atom. The quantitative estimate of drug-likeness (QED) is 0.577. The average molecular weight is 143 g/mol. The van der Waals surface area contributed by atoms with Crippen LogP contribution in [0.1, 0.15) is 4.88 Å². The minimum Gasteiger partial charge on any atom is -0.146 e. The number of hydrogen-bond donors (Lipinski definition) is 0. The standard InChI is InChI=1S/C4H3N2S2/c7-2-1-4-3-5-6-8-4/h3H,1H2. The smallest absolute Gasteiger partial charge is 0.0656 e. The summed E-state index contributed by atoms with van der Waals surface area (Å²) in [6, 6.07) is 0. The van der Waals surface area contributed by atoms with E-state index in [0.717, 1.165) is 4.88 Å². The maximum Gasteiger partial charge on any atom is 0.0656 e. The van der Waals surface area contributed by atoms with Crippen LogP contribution < -0.4 is 0 Å². The molecule has 0 aliphatic rings. The summed E-state index contributed by atoms with van der Waals surface area (Å²) in [6.07, 6.45) is 2.39. The zero-order chi connectivity index (χ0) is 5.82. The van der Waals surface area contributed by atoms with Gasteiger partial charge in [-0.2, -0.15) is 0 Å². The molecule has 1 radical (unpaired) electrons. The molecule has 4 heteroatoms. The van der Waals surface area contributed by atoms with E-state index in [1.807, 2.05) is 0 Å². The largest absolute Gasteiger partial charge is 0.146 e. The fourth-order valence-corrected chi connectivity index (χ4v) is 1.01. The van der Waals surface area contributed by atoms with Gasteiger partial charge < -0.3 is 0 Å². The molecule has 8 heavy (non-hydrogen) atoms. The van der Waals surface area contributed by atoms with E-state index in [1.54, 1.807) is 6.20 Å². The monoisotopic (exact) mass is 143 g/mol. The van der Waals surface area contributed by atoms with E-state index >= 15 is 0 Å². The molecule has 0 saturated heterocycles.